The van der Waals surface area contributed by atoms with Gasteiger partial charge in [0.25, 0.3) is 0 Å². The Morgan fingerprint density at radius 3 is 2.33 bits per heavy atom. The summed E-state index contributed by atoms with van der Waals surface area (Å²) in [5, 5.41) is 9.59. The summed E-state index contributed by atoms with van der Waals surface area (Å²) in [7, 11) is 1.57. The number of halogens is 2. The van der Waals surface area contributed by atoms with Gasteiger partial charge in [-0.2, -0.15) is 0 Å². The van der Waals surface area contributed by atoms with Gasteiger partial charge in [0.15, 0.2) is 11.5 Å². The first-order chi connectivity index (χ1) is 23.3. The minimum absolute atomic E-state index is 0.0499. The molecule has 7 rings (SSSR count). The summed E-state index contributed by atoms with van der Waals surface area (Å²) >= 11 is 0. The summed E-state index contributed by atoms with van der Waals surface area (Å²) in [5.74, 6) is -0.610. The Bertz CT molecular complexity index is 1840. The highest BCUT2D eigenvalue weighted by Crippen LogP contribution is 2.48. The van der Waals surface area contributed by atoms with Gasteiger partial charge in [-0.05, 0) is 87.1 Å². The van der Waals surface area contributed by atoms with Crippen LogP contribution in [0.2, 0.25) is 0 Å². The summed E-state index contributed by atoms with van der Waals surface area (Å²) in [6.45, 7) is 2.06. The summed E-state index contributed by atoms with van der Waals surface area (Å²) in [6.07, 6.45) is 6.30. The third kappa shape index (κ3) is 6.76. The molecule has 10 nitrogen and oxygen atoms in total. The van der Waals surface area contributed by atoms with Crippen LogP contribution in [0.5, 0.6) is 23.0 Å². The average molecular weight is 659 g/mol. The van der Waals surface area contributed by atoms with E-state index in [1.807, 2.05) is 6.07 Å². The number of carbonyl (C=O) groups excluding carboxylic acids is 2. The third-order valence-electron chi connectivity index (χ3n) is 9.21. The predicted molar refractivity (Wildman–Crippen MR) is 175 cm³/mol. The molecule has 48 heavy (non-hydrogen) atoms. The number of hydrogen-bond donors (Lipinski definition) is 3. The van der Waals surface area contributed by atoms with Crippen LogP contribution in [0.3, 0.4) is 0 Å². The van der Waals surface area contributed by atoms with E-state index in [0.29, 0.717) is 59.3 Å². The van der Waals surface area contributed by atoms with E-state index in [1.165, 1.54) is 36.4 Å². The van der Waals surface area contributed by atoms with Gasteiger partial charge in [0.05, 0.1) is 23.9 Å². The number of methoxy groups -OCH3 is 1. The molecule has 0 atom stereocenters. The summed E-state index contributed by atoms with van der Waals surface area (Å²) in [6, 6.07) is 15.0. The van der Waals surface area contributed by atoms with Crippen molar-refractivity contribution in [2.75, 3.05) is 37.6 Å². The summed E-state index contributed by atoms with van der Waals surface area (Å²) < 4.78 is 52.0. The molecule has 1 saturated heterocycles. The van der Waals surface area contributed by atoms with Crippen molar-refractivity contribution in [3.05, 3.63) is 78.5 Å². The molecular weight excluding hydrogens is 622 g/mol. The van der Waals surface area contributed by atoms with Crippen LogP contribution in [-0.2, 0) is 14.3 Å². The Morgan fingerprint density at radius 1 is 0.896 bits per heavy atom. The standard InChI is InChI=1S/C36H36F2N4O6/c1-45-31-19-26-29(20-32(31)47-21-35(11-12-35)42-24-9-16-46-17-10-24)39-15-8-30(26)48-25-6-7-28(27(38)18-25)41-34(44)36(13-14-36)33(43)40-23-4-2-22(37)3-5-23/h2-8,15,18-20,24,42H,9-14,16-17,21H2,1H3,(H,40,43)(H,41,44). The lowest BCUT2D eigenvalue weighted by Crippen LogP contribution is -2.46. The maximum atomic E-state index is 15.2. The summed E-state index contributed by atoms with van der Waals surface area (Å²) in [4.78, 5) is 30.4. The minimum atomic E-state index is -1.33. The quantitative estimate of drug-likeness (QED) is 0.151. The molecule has 2 heterocycles. The fraction of sp³-hybridized carbons (Fsp3) is 0.361. The number of amides is 2. The van der Waals surface area contributed by atoms with Gasteiger partial charge < -0.3 is 34.9 Å². The number of ether oxygens (including phenoxy) is 4. The number of nitrogens with one attached hydrogen (secondary N) is 3. The predicted octanol–water partition coefficient (Wildman–Crippen LogP) is 6.35. The van der Waals surface area contributed by atoms with E-state index in [2.05, 4.69) is 20.9 Å². The van der Waals surface area contributed by atoms with E-state index in [0.717, 1.165) is 45.0 Å². The van der Waals surface area contributed by atoms with Crippen molar-refractivity contribution < 1.29 is 37.3 Å². The number of aromatic nitrogens is 1. The fourth-order valence-corrected chi connectivity index (χ4v) is 5.96. The number of nitrogens with zero attached hydrogens (tertiary/aromatic N) is 1. The van der Waals surface area contributed by atoms with Crippen LogP contribution in [0.4, 0.5) is 20.2 Å². The van der Waals surface area contributed by atoms with Crippen LogP contribution >= 0.6 is 0 Å². The zero-order chi connectivity index (χ0) is 33.3. The molecule has 3 aliphatic rings. The van der Waals surface area contributed by atoms with Gasteiger partial charge >= 0.3 is 0 Å². The molecule has 3 aromatic carbocycles. The van der Waals surface area contributed by atoms with Crippen molar-refractivity contribution in [2.24, 2.45) is 5.41 Å². The highest BCUT2D eigenvalue weighted by molar-refractivity contribution is 6.17. The van der Waals surface area contributed by atoms with Crippen molar-refractivity contribution in [1.29, 1.82) is 0 Å². The number of carbonyl (C=O) groups is 2. The lowest BCUT2D eigenvalue weighted by Gasteiger charge is -2.28. The first-order valence-electron chi connectivity index (χ1n) is 16.1. The maximum Gasteiger partial charge on any atom is 0.240 e. The van der Waals surface area contributed by atoms with Crippen molar-refractivity contribution in [3.8, 4) is 23.0 Å². The number of benzene rings is 3. The van der Waals surface area contributed by atoms with Crippen LogP contribution in [-0.4, -0.2) is 55.3 Å². The second-order valence-corrected chi connectivity index (χ2v) is 12.7. The number of pyridine rings is 1. The first kappa shape index (κ1) is 31.8. The molecule has 4 aromatic rings. The smallest absolute Gasteiger partial charge is 0.240 e. The number of hydrogen-bond acceptors (Lipinski definition) is 8. The lowest BCUT2D eigenvalue weighted by molar-refractivity contribution is -0.131. The zero-order valence-corrected chi connectivity index (χ0v) is 26.4. The highest BCUT2D eigenvalue weighted by Gasteiger charge is 2.56. The molecule has 0 bridgehead atoms. The van der Waals surface area contributed by atoms with E-state index in [-0.39, 0.29) is 17.0 Å². The van der Waals surface area contributed by atoms with Crippen molar-refractivity contribution in [3.63, 3.8) is 0 Å². The molecule has 0 unspecified atom stereocenters. The van der Waals surface area contributed by atoms with Gasteiger partial charge in [0.1, 0.15) is 35.2 Å². The topological polar surface area (TPSA) is 120 Å². The van der Waals surface area contributed by atoms with E-state index >= 15 is 4.39 Å². The largest absolute Gasteiger partial charge is 0.493 e. The van der Waals surface area contributed by atoms with Gasteiger partial charge in [-0.3, -0.25) is 14.6 Å². The third-order valence-corrected chi connectivity index (χ3v) is 9.21. The van der Waals surface area contributed by atoms with Crippen molar-refractivity contribution >= 4 is 34.1 Å². The molecular formula is C36H36F2N4O6. The number of anilines is 2. The van der Waals surface area contributed by atoms with Crippen LogP contribution in [0.15, 0.2) is 66.9 Å². The Hall–Kier alpha value is -4.81. The number of rotatable bonds is 12. The van der Waals surface area contributed by atoms with Gasteiger partial charge in [-0.1, -0.05) is 0 Å². The molecule has 250 valence electrons. The molecule has 2 amide bonds. The SMILES string of the molecule is COc1cc2c(Oc3ccc(NC(=O)C4(C(=O)Nc5ccc(F)cc5)CC4)c(F)c3)ccnc2cc1OCC1(NC2CCOCC2)CC1. The second kappa shape index (κ2) is 13.0. The van der Waals surface area contributed by atoms with E-state index in [1.54, 1.807) is 25.4 Å². The Morgan fingerprint density at radius 2 is 1.65 bits per heavy atom. The average Bonchev–Trinajstić information content (AvgIpc) is 4.03. The van der Waals surface area contributed by atoms with Crippen LogP contribution in [0.1, 0.15) is 38.5 Å². The molecule has 1 aliphatic heterocycles. The van der Waals surface area contributed by atoms with E-state index in [9.17, 15) is 14.0 Å². The highest BCUT2D eigenvalue weighted by atomic mass is 19.1. The van der Waals surface area contributed by atoms with Gasteiger partial charge in [-0.25, -0.2) is 8.78 Å². The molecule has 0 spiro atoms. The fourth-order valence-electron chi connectivity index (χ4n) is 5.96. The van der Waals surface area contributed by atoms with Crippen LogP contribution in [0.25, 0.3) is 10.9 Å². The second-order valence-electron chi connectivity index (χ2n) is 12.7. The molecule has 3 fully saturated rings. The van der Waals surface area contributed by atoms with Crippen LogP contribution < -0.4 is 30.2 Å². The van der Waals surface area contributed by atoms with Gasteiger partial charge in [0.2, 0.25) is 11.8 Å². The minimum Gasteiger partial charge on any atom is -0.493 e. The molecule has 3 N–H and O–H groups in total. The first-order valence-corrected chi connectivity index (χ1v) is 16.1. The van der Waals surface area contributed by atoms with Crippen LogP contribution in [0, 0.1) is 17.0 Å². The Balaban J connectivity index is 1.01. The van der Waals surface area contributed by atoms with Gasteiger partial charge in [0, 0.05) is 48.7 Å². The van der Waals surface area contributed by atoms with Crippen molar-refractivity contribution in [2.45, 2.75) is 50.1 Å². The van der Waals surface area contributed by atoms with Gasteiger partial charge in [-0.15, -0.1) is 0 Å². The lowest BCUT2D eigenvalue weighted by atomic mass is 10.0. The molecule has 1 aromatic heterocycles. The Labute approximate surface area is 276 Å². The maximum absolute atomic E-state index is 15.2. The molecule has 2 aliphatic carbocycles. The van der Waals surface area contributed by atoms with E-state index < -0.39 is 28.9 Å². The summed E-state index contributed by atoms with van der Waals surface area (Å²) in [5.41, 5.74) is -0.484. The monoisotopic (exact) mass is 658 g/mol. The molecule has 0 radical (unpaired) electrons. The zero-order valence-electron chi connectivity index (χ0n) is 26.4. The normalized spacial score (nSPS) is 17.7. The molecule has 2 saturated carbocycles. The van der Waals surface area contributed by atoms with Crippen molar-refractivity contribution in [1.82, 2.24) is 10.3 Å². The molecule has 12 heteroatoms. The van der Waals surface area contributed by atoms with E-state index in [4.69, 9.17) is 18.9 Å². The Kier molecular flexibility index (Phi) is 8.61. The number of fused-ring (bicyclic) bond motifs is 1.